The van der Waals surface area contributed by atoms with Crippen LogP contribution in [0.4, 0.5) is 5.95 Å². The van der Waals surface area contributed by atoms with Crippen molar-refractivity contribution in [2.24, 2.45) is 0 Å². The number of halogens is 3. The van der Waals surface area contributed by atoms with Crippen LogP contribution in [0.3, 0.4) is 0 Å². The molecular weight excluding hydrogens is 393 g/mol. The molecular formula is C18H18Cl3N5. The maximum absolute atomic E-state index is 6.08. The molecule has 8 heteroatoms. The Bertz CT molecular complexity index is 906. The minimum atomic E-state index is 0.367. The monoisotopic (exact) mass is 409 g/mol. The van der Waals surface area contributed by atoms with E-state index in [1.165, 1.54) is 0 Å². The predicted molar refractivity (Wildman–Crippen MR) is 107 cm³/mol. The molecule has 0 aliphatic carbocycles. The highest BCUT2D eigenvalue weighted by Gasteiger charge is 2.22. The second-order valence-corrected chi connectivity index (χ2v) is 7.77. The van der Waals surface area contributed by atoms with Gasteiger partial charge in [-0.2, -0.15) is 4.98 Å². The van der Waals surface area contributed by atoms with Gasteiger partial charge in [0.1, 0.15) is 5.15 Å². The first kappa shape index (κ1) is 17.9. The first-order chi connectivity index (χ1) is 12.6. The van der Waals surface area contributed by atoms with Crippen molar-refractivity contribution in [1.29, 1.82) is 0 Å². The molecule has 136 valence electrons. The number of fused-ring (bicyclic) bond motifs is 1. The molecule has 0 saturated carbocycles. The molecule has 2 aromatic heterocycles. The minimum absolute atomic E-state index is 0.367. The van der Waals surface area contributed by atoms with Gasteiger partial charge >= 0.3 is 0 Å². The van der Waals surface area contributed by atoms with E-state index in [9.17, 15) is 0 Å². The van der Waals surface area contributed by atoms with E-state index in [2.05, 4.69) is 25.2 Å². The van der Waals surface area contributed by atoms with Crippen LogP contribution in [0.1, 0.15) is 18.4 Å². The van der Waals surface area contributed by atoms with Gasteiger partial charge in [-0.25, -0.2) is 4.98 Å². The lowest BCUT2D eigenvalue weighted by atomic mass is 10.1. The summed E-state index contributed by atoms with van der Waals surface area (Å²) in [5, 5.41) is 5.37. The number of rotatable bonds is 4. The number of anilines is 1. The lowest BCUT2D eigenvalue weighted by molar-refractivity contribution is 0.419. The van der Waals surface area contributed by atoms with Crippen LogP contribution in [0.15, 0.2) is 30.3 Å². The van der Waals surface area contributed by atoms with Gasteiger partial charge in [0.15, 0.2) is 5.65 Å². The number of nitrogens with one attached hydrogen (secondary N) is 2. The molecule has 3 heterocycles. The molecule has 0 spiro atoms. The molecule has 4 rings (SSSR count). The van der Waals surface area contributed by atoms with Gasteiger partial charge in [-0.05, 0) is 48.7 Å². The largest absolute Gasteiger partial charge is 0.341 e. The summed E-state index contributed by atoms with van der Waals surface area (Å²) < 4.78 is 0. The van der Waals surface area contributed by atoms with E-state index in [4.69, 9.17) is 34.8 Å². The highest BCUT2D eigenvalue weighted by atomic mass is 35.5. The van der Waals surface area contributed by atoms with E-state index in [0.717, 1.165) is 49.5 Å². The maximum atomic E-state index is 6.08. The van der Waals surface area contributed by atoms with Crippen molar-refractivity contribution in [1.82, 2.24) is 20.3 Å². The normalized spacial score (nSPS) is 17.8. The molecule has 26 heavy (non-hydrogen) atoms. The number of H-pyrrole nitrogens is 1. The highest BCUT2D eigenvalue weighted by Crippen LogP contribution is 2.22. The van der Waals surface area contributed by atoms with Crippen molar-refractivity contribution in [2.45, 2.75) is 25.4 Å². The van der Waals surface area contributed by atoms with E-state index in [1.807, 2.05) is 18.2 Å². The summed E-state index contributed by atoms with van der Waals surface area (Å²) >= 11 is 18.1. The number of hydrogen-bond acceptors (Lipinski definition) is 4. The van der Waals surface area contributed by atoms with E-state index in [1.54, 1.807) is 12.1 Å². The second-order valence-electron chi connectivity index (χ2n) is 6.51. The Kier molecular flexibility index (Phi) is 5.23. The van der Waals surface area contributed by atoms with E-state index in [-0.39, 0.29) is 0 Å². The van der Waals surface area contributed by atoms with Crippen molar-refractivity contribution >= 4 is 51.9 Å². The van der Waals surface area contributed by atoms with E-state index < -0.39 is 0 Å². The number of aromatic amines is 1. The Labute approximate surface area is 166 Å². The average molecular weight is 411 g/mol. The molecule has 1 aliphatic rings. The molecule has 1 unspecified atom stereocenters. The Morgan fingerprint density at radius 2 is 1.92 bits per heavy atom. The Morgan fingerprint density at radius 1 is 1.12 bits per heavy atom. The lowest BCUT2D eigenvalue weighted by Crippen LogP contribution is -2.45. The van der Waals surface area contributed by atoms with Crippen molar-refractivity contribution in [2.75, 3.05) is 18.0 Å². The summed E-state index contributed by atoms with van der Waals surface area (Å²) in [6.45, 7) is 2.58. The van der Waals surface area contributed by atoms with Crippen LogP contribution in [0.5, 0.6) is 0 Å². The molecule has 1 aromatic carbocycles. The third-order valence-electron chi connectivity index (χ3n) is 4.54. The van der Waals surface area contributed by atoms with Gasteiger partial charge in [-0.1, -0.05) is 34.8 Å². The smallest absolute Gasteiger partial charge is 0.205 e. The van der Waals surface area contributed by atoms with Crippen LogP contribution in [0.25, 0.3) is 11.2 Å². The van der Waals surface area contributed by atoms with Crippen LogP contribution >= 0.6 is 34.8 Å². The molecule has 0 amide bonds. The first-order valence-electron chi connectivity index (χ1n) is 8.52. The molecule has 1 aliphatic heterocycles. The van der Waals surface area contributed by atoms with Gasteiger partial charge in [-0.15, -0.1) is 0 Å². The summed E-state index contributed by atoms with van der Waals surface area (Å²) in [4.78, 5) is 14.4. The van der Waals surface area contributed by atoms with Crippen LogP contribution in [-0.2, 0) is 6.54 Å². The third kappa shape index (κ3) is 4.07. The third-order valence-corrected chi connectivity index (χ3v) is 5.18. The fraction of sp³-hybridized carbons (Fsp3) is 0.333. The molecule has 5 nitrogen and oxygen atoms in total. The number of piperidine rings is 1. The van der Waals surface area contributed by atoms with Crippen LogP contribution < -0.4 is 10.2 Å². The topological polar surface area (TPSA) is 56.8 Å². The zero-order valence-electron chi connectivity index (χ0n) is 14.0. The highest BCUT2D eigenvalue weighted by molar-refractivity contribution is 6.34. The zero-order chi connectivity index (χ0) is 18.1. The number of aromatic nitrogens is 3. The molecule has 0 radical (unpaired) electrons. The molecule has 3 aromatic rings. The number of imidazole rings is 1. The van der Waals surface area contributed by atoms with Crippen molar-refractivity contribution < 1.29 is 0 Å². The summed E-state index contributed by atoms with van der Waals surface area (Å²) in [5.74, 6) is 0.840. The van der Waals surface area contributed by atoms with Gasteiger partial charge in [0, 0.05) is 35.7 Å². The first-order valence-corrected chi connectivity index (χ1v) is 9.66. The molecule has 2 N–H and O–H groups in total. The Morgan fingerprint density at radius 3 is 2.73 bits per heavy atom. The number of pyridine rings is 1. The van der Waals surface area contributed by atoms with Crippen molar-refractivity contribution in [3.63, 3.8) is 0 Å². The van der Waals surface area contributed by atoms with Crippen molar-refractivity contribution in [3.8, 4) is 0 Å². The minimum Gasteiger partial charge on any atom is -0.341 e. The lowest BCUT2D eigenvalue weighted by Gasteiger charge is -2.33. The summed E-state index contributed by atoms with van der Waals surface area (Å²) in [6, 6.07) is 9.67. The Balaban J connectivity index is 1.43. The van der Waals surface area contributed by atoms with Crippen molar-refractivity contribution in [3.05, 3.63) is 51.1 Å². The molecule has 1 fully saturated rings. The summed E-state index contributed by atoms with van der Waals surface area (Å²) in [6.07, 6.45) is 2.22. The fourth-order valence-electron chi connectivity index (χ4n) is 3.32. The molecule has 1 saturated heterocycles. The van der Waals surface area contributed by atoms with Gasteiger partial charge < -0.3 is 15.2 Å². The zero-order valence-corrected chi connectivity index (χ0v) is 16.2. The summed E-state index contributed by atoms with van der Waals surface area (Å²) in [5.41, 5.74) is 2.63. The summed E-state index contributed by atoms with van der Waals surface area (Å²) in [7, 11) is 0. The molecule has 0 bridgehead atoms. The maximum Gasteiger partial charge on any atom is 0.205 e. The fourth-order valence-corrected chi connectivity index (χ4v) is 4.03. The quantitative estimate of drug-likeness (QED) is 0.613. The van der Waals surface area contributed by atoms with Crippen LogP contribution in [-0.4, -0.2) is 34.1 Å². The van der Waals surface area contributed by atoms with Crippen LogP contribution in [0, 0.1) is 0 Å². The Hall–Kier alpha value is -1.53. The van der Waals surface area contributed by atoms with Gasteiger partial charge in [0.25, 0.3) is 0 Å². The number of benzene rings is 1. The second kappa shape index (κ2) is 7.61. The number of nitrogens with zero attached hydrogens (tertiary/aromatic N) is 3. The SMILES string of the molecule is Clc1cc(Cl)cc(CNC2CCCN(c3nc4nc(Cl)ccc4[nH]3)C2)c1. The van der Waals surface area contributed by atoms with Crippen LogP contribution in [0.2, 0.25) is 15.2 Å². The molecule has 1 atom stereocenters. The average Bonchev–Trinajstić information content (AvgIpc) is 3.03. The number of hydrogen-bond donors (Lipinski definition) is 2. The van der Waals surface area contributed by atoms with Gasteiger partial charge in [0.2, 0.25) is 5.95 Å². The van der Waals surface area contributed by atoms with Gasteiger partial charge in [-0.3, -0.25) is 0 Å². The predicted octanol–water partition coefficient (Wildman–Crippen LogP) is 4.68. The van der Waals surface area contributed by atoms with Gasteiger partial charge in [0.05, 0.1) is 5.52 Å². The van der Waals surface area contributed by atoms with E-state index in [0.29, 0.717) is 26.9 Å². The standard InChI is InChI=1S/C18H18Cl3N5/c19-12-6-11(7-13(20)8-12)9-22-14-2-1-5-26(10-14)18-23-15-3-4-16(21)24-17(15)25-18/h3-4,6-8,14,22H,1-2,5,9-10H2,(H,23,24,25). The van der Waals surface area contributed by atoms with E-state index >= 15 is 0 Å².